The predicted octanol–water partition coefficient (Wildman–Crippen LogP) is 2.14. The van der Waals surface area contributed by atoms with Crippen LogP contribution in [0.5, 0.6) is 5.75 Å². The number of carboxylic acids is 1. The van der Waals surface area contributed by atoms with Crippen molar-refractivity contribution < 1.29 is 29.4 Å². The summed E-state index contributed by atoms with van der Waals surface area (Å²) in [5.74, 6) is -2.69. The van der Waals surface area contributed by atoms with Crippen molar-refractivity contribution in [2.45, 2.75) is 77.5 Å². The number of carbonyl (C=O) groups excluding carboxylic acids is 3. The van der Waals surface area contributed by atoms with Gasteiger partial charge in [-0.1, -0.05) is 70.2 Å². The molecule has 0 saturated heterocycles. The van der Waals surface area contributed by atoms with Crippen LogP contribution >= 0.6 is 0 Å². The summed E-state index contributed by atoms with van der Waals surface area (Å²) in [4.78, 5) is 51.5. The van der Waals surface area contributed by atoms with Crippen LogP contribution in [0.15, 0.2) is 54.6 Å². The number of nitrogens with one attached hydrogen (secondary N) is 3. The zero-order valence-electron chi connectivity index (χ0n) is 23.6. The molecular weight excluding hydrogens is 512 g/mol. The molecule has 0 spiro atoms. The van der Waals surface area contributed by atoms with Crippen molar-refractivity contribution in [3.63, 3.8) is 0 Å². The number of phenolic OH excluding ortho intramolecular Hbond substituents is 1. The minimum absolute atomic E-state index is 0.00180. The predicted molar refractivity (Wildman–Crippen MR) is 152 cm³/mol. The standard InChI is InChI=1S/C30H42N4O6/c1-18(2)14-23(31)27(36)32-25(16-21-10-12-22(35)13-11-21)29(38)33-24(15-19(3)4)28(37)34-26(30(39)40)17-20-8-6-5-7-9-20/h5-13,18-19,23-26,35H,14-17,31H2,1-4H3,(H,32,36)(H,33,38)(H,34,37)(H,39,40). The van der Waals surface area contributed by atoms with Crippen LogP contribution in [0.4, 0.5) is 0 Å². The summed E-state index contributed by atoms with van der Waals surface area (Å²) in [6.07, 6.45) is 0.850. The third-order valence-electron chi connectivity index (χ3n) is 6.31. The Kier molecular flexibility index (Phi) is 12.6. The normalized spacial score (nSPS) is 14.2. The summed E-state index contributed by atoms with van der Waals surface area (Å²) in [6.45, 7) is 7.63. The molecule has 40 heavy (non-hydrogen) atoms. The average Bonchev–Trinajstić information content (AvgIpc) is 2.88. The van der Waals surface area contributed by atoms with E-state index >= 15 is 0 Å². The SMILES string of the molecule is CC(C)CC(N)C(=O)NC(Cc1ccc(O)cc1)C(=O)NC(CC(C)C)C(=O)NC(Cc1ccccc1)C(=O)O. The lowest BCUT2D eigenvalue weighted by Crippen LogP contribution is -2.58. The Morgan fingerprint density at radius 1 is 0.675 bits per heavy atom. The summed E-state index contributed by atoms with van der Waals surface area (Å²) in [5, 5.41) is 27.4. The fourth-order valence-corrected chi connectivity index (χ4v) is 4.27. The molecule has 0 heterocycles. The zero-order chi connectivity index (χ0) is 29.8. The molecule has 0 fully saturated rings. The van der Waals surface area contributed by atoms with E-state index in [-0.39, 0.29) is 36.8 Å². The Hall–Kier alpha value is -3.92. The summed E-state index contributed by atoms with van der Waals surface area (Å²) >= 11 is 0. The lowest BCUT2D eigenvalue weighted by atomic mass is 9.99. The van der Waals surface area contributed by atoms with E-state index in [9.17, 15) is 29.4 Å². The van der Waals surface area contributed by atoms with Crippen LogP contribution in [0.3, 0.4) is 0 Å². The third-order valence-corrected chi connectivity index (χ3v) is 6.31. The van der Waals surface area contributed by atoms with E-state index in [1.54, 1.807) is 36.4 Å². The van der Waals surface area contributed by atoms with Crippen LogP contribution in [-0.4, -0.2) is 58.1 Å². The Morgan fingerprint density at radius 2 is 1.15 bits per heavy atom. The number of nitrogens with two attached hydrogens (primary N) is 1. The maximum absolute atomic E-state index is 13.5. The second-order valence-corrected chi connectivity index (χ2v) is 10.9. The maximum atomic E-state index is 13.5. The second-order valence-electron chi connectivity index (χ2n) is 10.9. The Morgan fingerprint density at radius 3 is 1.70 bits per heavy atom. The van der Waals surface area contributed by atoms with Crippen molar-refractivity contribution in [3.8, 4) is 5.75 Å². The Balaban J connectivity index is 2.23. The molecule has 0 saturated carbocycles. The topological polar surface area (TPSA) is 171 Å². The number of amides is 3. The number of aliphatic carboxylic acids is 1. The van der Waals surface area contributed by atoms with Crippen molar-refractivity contribution in [1.82, 2.24) is 16.0 Å². The molecule has 10 nitrogen and oxygen atoms in total. The van der Waals surface area contributed by atoms with E-state index < -0.39 is 47.9 Å². The van der Waals surface area contributed by atoms with Gasteiger partial charge in [0.05, 0.1) is 6.04 Å². The monoisotopic (exact) mass is 554 g/mol. The van der Waals surface area contributed by atoms with Gasteiger partial charge in [0.1, 0.15) is 23.9 Å². The van der Waals surface area contributed by atoms with E-state index in [0.29, 0.717) is 12.0 Å². The van der Waals surface area contributed by atoms with Gasteiger partial charge in [-0.05, 0) is 47.9 Å². The minimum atomic E-state index is -1.19. The summed E-state index contributed by atoms with van der Waals surface area (Å²) in [5.41, 5.74) is 7.46. The van der Waals surface area contributed by atoms with Crippen LogP contribution < -0.4 is 21.7 Å². The Labute approximate surface area is 235 Å². The smallest absolute Gasteiger partial charge is 0.326 e. The molecule has 0 bridgehead atoms. The first-order chi connectivity index (χ1) is 18.8. The maximum Gasteiger partial charge on any atom is 0.326 e. The molecule has 4 unspecified atom stereocenters. The van der Waals surface area contributed by atoms with E-state index in [1.165, 1.54) is 12.1 Å². The molecule has 0 aliphatic rings. The summed E-state index contributed by atoms with van der Waals surface area (Å²) in [7, 11) is 0. The van der Waals surface area contributed by atoms with Gasteiger partial charge in [-0.15, -0.1) is 0 Å². The van der Waals surface area contributed by atoms with Crippen LogP contribution in [0.1, 0.15) is 51.7 Å². The molecule has 3 amide bonds. The van der Waals surface area contributed by atoms with Gasteiger partial charge in [-0.2, -0.15) is 0 Å². The molecule has 218 valence electrons. The van der Waals surface area contributed by atoms with Crippen molar-refractivity contribution in [2.75, 3.05) is 0 Å². The van der Waals surface area contributed by atoms with Crippen molar-refractivity contribution >= 4 is 23.7 Å². The van der Waals surface area contributed by atoms with Gasteiger partial charge in [-0.25, -0.2) is 4.79 Å². The van der Waals surface area contributed by atoms with E-state index in [0.717, 1.165) is 5.56 Å². The largest absolute Gasteiger partial charge is 0.508 e. The van der Waals surface area contributed by atoms with Crippen LogP contribution in [0.2, 0.25) is 0 Å². The summed E-state index contributed by atoms with van der Waals surface area (Å²) < 4.78 is 0. The second kappa shape index (κ2) is 15.6. The van der Waals surface area contributed by atoms with Crippen LogP contribution in [0.25, 0.3) is 0 Å². The first-order valence-corrected chi connectivity index (χ1v) is 13.6. The number of phenols is 1. The molecule has 10 heteroatoms. The number of carbonyl (C=O) groups is 4. The zero-order valence-corrected chi connectivity index (χ0v) is 23.6. The third kappa shape index (κ3) is 11.1. The lowest BCUT2D eigenvalue weighted by molar-refractivity contribution is -0.142. The number of aromatic hydroxyl groups is 1. The lowest BCUT2D eigenvalue weighted by Gasteiger charge is -2.26. The molecule has 2 rings (SSSR count). The van der Waals surface area contributed by atoms with Crippen LogP contribution in [0, 0.1) is 11.8 Å². The number of hydrogen-bond donors (Lipinski definition) is 6. The van der Waals surface area contributed by atoms with Gasteiger partial charge in [0, 0.05) is 12.8 Å². The number of rotatable bonds is 15. The highest BCUT2D eigenvalue weighted by Gasteiger charge is 2.31. The number of hydrogen-bond acceptors (Lipinski definition) is 6. The Bertz CT molecular complexity index is 1120. The minimum Gasteiger partial charge on any atom is -0.508 e. The summed E-state index contributed by atoms with van der Waals surface area (Å²) in [6, 6.07) is 11.1. The molecule has 4 atom stereocenters. The van der Waals surface area contributed by atoms with E-state index in [2.05, 4.69) is 16.0 Å². The first kappa shape index (κ1) is 32.3. The van der Waals surface area contributed by atoms with Crippen molar-refractivity contribution in [3.05, 3.63) is 65.7 Å². The molecule has 7 N–H and O–H groups in total. The van der Waals surface area contributed by atoms with Gasteiger partial charge >= 0.3 is 5.97 Å². The molecule has 2 aromatic rings. The van der Waals surface area contributed by atoms with E-state index in [1.807, 2.05) is 33.8 Å². The molecule has 0 aliphatic carbocycles. The van der Waals surface area contributed by atoms with Gasteiger partial charge in [0.15, 0.2) is 0 Å². The van der Waals surface area contributed by atoms with Crippen molar-refractivity contribution in [2.24, 2.45) is 17.6 Å². The highest BCUT2D eigenvalue weighted by molar-refractivity contribution is 5.94. The average molecular weight is 555 g/mol. The quantitative estimate of drug-likeness (QED) is 0.196. The van der Waals surface area contributed by atoms with Gasteiger partial charge in [0.25, 0.3) is 0 Å². The first-order valence-electron chi connectivity index (χ1n) is 13.6. The van der Waals surface area contributed by atoms with Gasteiger partial charge in [0.2, 0.25) is 17.7 Å². The molecule has 0 aromatic heterocycles. The van der Waals surface area contributed by atoms with Gasteiger partial charge < -0.3 is 31.9 Å². The number of benzene rings is 2. The van der Waals surface area contributed by atoms with E-state index in [4.69, 9.17) is 5.73 Å². The molecule has 2 aromatic carbocycles. The fourth-order valence-electron chi connectivity index (χ4n) is 4.27. The fraction of sp³-hybridized carbons (Fsp3) is 0.467. The molecular formula is C30H42N4O6. The highest BCUT2D eigenvalue weighted by Crippen LogP contribution is 2.13. The molecule has 0 aliphatic heterocycles. The van der Waals surface area contributed by atoms with Crippen LogP contribution in [-0.2, 0) is 32.0 Å². The van der Waals surface area contributed by atoms with Crippen molar-refractivity contribution in [1.29, 1.82) is 0 Å². The highest BCUT2D eigenvalue weighted by atomic mass is 16.4. The van der Waals surface area contributed by atoms with Gasteiger partial charge in [-0.3, -0.25) is 14.4 Å². The molecule has 0 radical (unpaired) electrons. The number of carboxylic acid groups (broad SMARTS) is 1.